The van der Waals surface area contributed by atoms with Gasteiger partial charge in [-0.1, -0.05) is 25.4 Å². The van der Waals surface area contributed by atoms with Crippen molar-refractivity contribution in [3.05, 3.63) is 22.8 Å². The second kappa shape index (κ2) is 6.95. The number of nitrogens with zero attached hydrogens (tertiary/aromatic N) is 3. The zero-order chi connectivity index (χ0) is 14.4. The minimum atomic E-state index is -1.05. The lowest BCUT2D eigenvalue weighted by atomic mass is 10.2. The summed E-state index contributed by atoms with van der Waals surface area (Å²) in [6, 6.07) is 4.87. The molecule has 1 rings (SSSR count). The second-order valence-corrected chi connectivity index (χ2v) is 4.98. The summed E-state index contributed by atoms with van der Waals surface area (Å²) in [5.41, 5.74) is 0.0979. The Labute approximate surface area is 117 Å². The van der Waals surface area contributed by atoms with Gasteiger partial charge in [0, 0.05) is 13.1 Å². The lowest BCUT2D eigenvalue weighted by Crippen LogP contribution is -2.29. The first-order chi connectivity index (χ1) is 8.93. The van der Waals surface area contributed by atoms with E-state index < -0.39 is 5.97 Å². The maximum atomic E-state index is 11.0. The highest BCUT2D eigenvalue weighted by atomic mass is 35.5. The van der Waals surface area contributed by atoms with Crippen LogP contribution in [0.4, 0.5) is 5.82 Å². The van der Waals surface area contributed by atoms with Crippen LogP contribution in [0.1, 0.15) is 30.6 Å². The third-order valence-electron chi connectivity index (χ3n) is 2.43. The largest absolute Gasteiger partial charge is 0.478 e. The Morgan fingerprint density at radius 3 is 2.79 bits per heavy atom. The Bertz CT molecular complexity index is 497. The number of nitriles is 1. The van der Waals surface area contributed by atoms with Crippen molar-refractivity contribution in [1.29, 1.82) is 5.26 Å². The van der Waals surface area contributed by atoms with Crippen LogP contribution >= 0.6 is 11.6 Å². The van der Waals surface area contributed by atoms with Crippen LogP contribution in [0.25, 0.3) is 0 Å². The van der Waals surface area contributed by atoms with Crippen LogP contribution in [0.5, 0.6) is 0 Å². The number of aromatic nitrogens is 1. The quantitative estimate of drug-likeness (QED) is 0.811. The van der Waals surface area contributed by atoms with Crippen LogP contribution in [-0.2, 0) is 0 Å². The van der Waals surface area contributed by atoms with E-state index >= 15 is 0 Å². The third kappa shape index (κ3) is 4.76. The molecule has 0 aliphatic carbocycles. The summed E-state index contributed by atoms with van der Waals surface area (Å²) in [6.45, 7) is 5.28. The summed E-state index contributed by atoms with van der Waals surface area (Å²) in [7, 11) is 0. The summed E-state index contributed by atoms with van der Waals surface area (Å²) in [5, 5.41) is 17.8. The lowest BCUT2D eigenvalue weighted by Gasteiger charge is -2.25. The van der Waals surface area contributed by atoms with Crippen LogP contribution in [0.2, 0.25) is 5.15 Å². The average molecular weight is 282 g/mol. The van der Waals surface area contributed by atoms with Crippen molar-refractivity contribution in [2.45, 2.75) is 20.3 Å². The molecule has 0 radical (unpaired) electrons. The number of halogens is 1. The van der Waals surface area contributed by atoms with Crippen molar-refractivity contribution < 1.29 is 9.90 Å². The molecular weight excluding hydrogens is 266 g/mol. The molecule has 6 heteroatoms. The fraction of sp³-hybridized carbons (Fsp3) is 0.462. The molecule has 0 bridgehead atoms. The number of aromatic carboxylic acids is 1. The first kappa shape index (κ1) is 15.3. The summed E-state index contributed by atoms with van der Waals surface area (Å²) < 4.78 is 0. The van der Waals surface area contributed by atoms with Gasteiger partial charge in [0.15, 0.2) is 0 Å². The number of carboxylic acid groups (broad SMARTS) is 1. The molecule has 1 aromatic heterocycles. The molecule has 0 fully saturated rings. The molecule has 19 heavy (non-hydrogen) atoms. The fourth-order valence-corrected chi connectivity index (χ4v) is 1.90. The van der Waals surface area contributed by atoms with Gasteiger partial charge in [-0.05, 0) is 18.1 Å². The van der Waals surface area contributed by atoms with Gasteiger partial charge < -0.3 is 10.0 Å². The van der Waals surface area contributed by atoms with Gasteiger partial charge in [-0.25, -0.2) is 9.78 Å². The highest BCUT2D eigenvalue weighted by Gasteiger charge is 2.14. The van der Waals surface area contributed by atoms with Crippen molar-refractivity contribution in [1.82, 2.24) is 4.98 Å². The van der Waals surface area contributed by atoms with Gasteiger partial charge in [-0.15, -0.1) is 0 Å². The standard InChI is InChI=1S/C13H16ClN3O2/c1-9(2)8-17(5-3-4-15)12-7-10(13(18)19)6-11(14)16-12/h6-7,9H,3,5,8H2,1-2H3,(H,18,19). The Morgan fingerprint density at radius 1 is 1.58 bits per heavy atom. The normalized spacial score (nSPS) is 10.3. The molecule has 5 nitrogen and oxygen atoms in total. The summed E-state index contributed by atoms with van der Waals surface area (Å²) in [4.78, 5) is 17.0. The Hall–Kier alpha value is -1.80. The Morgan fingerprint density at radius 2 is 2.26 bits per heavy atom. The van der Waals surface area contributed by atoms with E-state index in [1.54, 1.807) is 0 Å². The van der Waals surface area contributed by atoms with Crippen molar-refractivity contribution in [3.8, 4) is 6.07 Å². The number of rotatable bonds is 6. The molecule has 0 aliphatic rings. The highest BCUT2D eigenvalue weighted by molar-refractivity contribution is 6.29. The van der Waals surface area contributed by atoms with Crippen molar-refractivity contribution in [2.75, 3.05) is 18.0 Å². The topological polar surface area (TPSA) is 77.2 Å². The van der Waals surface area contributed by atoms with Gasteiger partial charge in [0.1, 0.15) is 11.0 Å². The maximum Gasteiger partial charge on any atom is 0.335 e. The van der Waals surface area contributed by atoms with Gasteiger partial charge in [-0.2, -0.15) is 5.26 Å². The number of carboxylic acids is 1. The van der Waals surface area contributed by atoms with Crippen molar-refractivity contribution >= 4 is 23.4 Å². The first-order valence-corrected chi connectivity index (χ1v) is 6.34. The Kier molecular flexibility index (Phi) is 5.58. The predicted octanol–water partition coefficient (Wildman–Crippen LogP) is 2.81. The zero-order valence-corrected chi connectivity index (χ0v) is 11.7. The van der Waals surface area contributed by atoms with Crippen LogP contribution in [-0.4, -0.2) is 29.1 Å². The molecule has 0 saturated heterocycles. The first-order valence-electron chi connectivity index (χ1n) is 5.96. The van der Waals surface area contributed by atoms with E-state index in [-0.39, 0.29) is 10.7 Å². The molecule has 1 aromatic rings. The Balaban J connectivity index is 3.06. The average Bonchev–Trinajstić information content (AvgIpc) is 2.33. The van der Waals surface area contributed by atoms with E-state index in [1.165, 1.54) is 12.1 Å². The van der Waals surface area contributed by atoms with E-state index in [0.717, 1.165) is 0 Å². The molecule has 0 saturated carbocycles. The number of hydrogen-bond donors (Lipinski definition) is 1. The van der Waals surface area contributed by atoms with E-state index in [0.29, 0.717) is 31.2 Å². The van der Waals surface area contributed by atoms with E-state index in [9.17, 15) is 4.79 Å². The summed E-state index contributed by atoms with van der Waals surface area (Å²) in [5.74, 6) is -0.183. The van der Waals surface area contributed by atoms with E-state index in [1.807, 2.05) is 18.7 Å². The lowest BCUT2D eigenvalue weighted by molar-refractivity contribution is 0.0697. The van der Waals surface area contributed by atoms with E-state index in [2.05, 4.69) is 11.1 Å². The fourth-order valence-electron chi connectivity index (χ4n) is 1.69. The molecule has 0 spiro atoms. The van der Waals surface area contributed by atoms with E-state index in [4.69, 9.17) is 22.0 Å². The van der Waals surface area contributed by atoms with Crippen LogP contribution in [0, 0.1) is 17.2 Å². The number of anilines is 1. The van der Waals surface area contributed by atoms with Gasteiger partial charge in [-0.3, -0.25) is 0 Å². The molecule has 0 unspecified atom stereocenters. The SMILES string of the molecule is CC(C)CN(CCC#N)c1cc(C(=O)O)cc(Cl)n1. The predicted molar refractivity (Wildman–Crippen MR) is 73.5 cm³/mol. The number of carbonyl (C=O) groups is 1. The van der Waals surface area contributed by atoms with Crippen LogP contribution in [0.3, 0.4) is 0 Å². The molecule has 1 heterocycles. The molecule has 0 aromatic carbocycles. The van der Waals surface area contributed by atoms with Crippen LogP contribution < -0.4 is 4.90 Å². The zero-order valence-electron chi connectivity index (χ0n) is 10.9. The monoisotopic (exact) mass is 281 g/mol. The summed E-state index contributed by atoms with van der Waals surface area (Å²) >= 11 is 5.84. The van der Waals surface area contributed by atoms with Gasteiger partial charge in [0.2, 0.25) is 0 Å². The molecule has 102 valence electrons. The molecule has 0 aliphatic heterocycles. The number of pyridine rings is 1. The minimum Gasteiger partial charge on any atom is -0.478 e. The van der Waals surface area contributed by atoms with Crippen molar-refractivity contribution in [2.24, 2.45) is 5.92 Å². The van der Waals surface area contributed by atoms with Crippen molar-refractivity contribution in [3.63, 3.8) is 0 Å². The molecule has 0 amide bonds. The third-order valence-corrected chi connectivity index (χ3v) is 2.62. The van der Waals surface area contributed by atoms with Crippen LogP contribution in [0.15, 0.2) is 12.1 Å². The number of hydrogen-bond acceptors (Lipinski definition) is 4. The highest BCUT2D eigenvalue weighted by Crippen LogP contribution is 2.19. The maximum absolute atomic E-state index is 11.0. The molecule has 0 atom stereocenters. The minimum absolute atomic E-state index is 0.0979. The van der Waals surface area contributed by atoms with Gasteiger partial charge >= 0.3 is 5.97 Å². The van der Waals surface area contributed by atoms with Gasteiger partial charge in [0.25, 0.3) is 0 Å². The van der Waals surface area contributed by atoms with Gasteiger partial charge in [0.05, 0.1) is 18.1 Å². The smallest absolute Gasteiger partial charge is 0.335 e. The molecule has 1 N–H and O–H groups in total. The summed E-state index contributed by atoms with van der Waals surface area (Å²) in [6.07, 6.45) is 0.351. The molecular formula is C13H16ClN3O2. The second-order valence-electron chi connectivity index (χ2n) is 4.59.